The Kier molecular flexibility index (Phi) is 3.99. The summed E-state index contributed by atoms with van der Waals surface area (Å²) in [6, 6.07) is 10.5. The first-order valence-electron chi connectivity index (χ1n) is 7.20. The van der Waals surface area contributed by atoms with Crippen LogP contribution in [0.2, 0.25) is 0 Å². The molecule has 0 aliphatic carbocycles. The Balaban J connectivity index is 1.95. The molecule has 0 fully saturated rings. The average molecular weight is 297 g/mol. The molecule has 4 heteroatoms. The zero-order chi connectivity index (χ0) is 14.8. The molecule has 0 amide bonds. The Morgan fingerprint density at radius 3 is 2.57 bits per heavy atom. The van der Waals surface area contributed by atoms with Crippen LogP contribution in [0.4, 0.5) is 0 Å². The highest BCUT2D eigenvalue weighted by Gasteiger charge is 2.14. The summed E-state index contributed by atoms with van der Waals surface area (Å²) in [4.78, 5) is 8.79. The van der Waals surface area contributed by atoms with E-state index in [1.165, 1.54) is 10.3 Å². The van der Waals surface area contributed by atoms with Crippen LogP contribution in [-0.2, 0) is 0 Å². The maximum absolute atomic E-state index is 6.25. The van der Waals surface area contributed by atoms with Crippen molar-refractivity contribution in [3.05, 3.63) is 47.7 Å². The van der Waals surface area contributed by atoms with Crippen molar-refractivity contribution in [1.82, 2.24) is 9.97 Å². The van der Waals surface area contributed by atoms with Gasteiger partial charge in [0, 0.05) is 12.4 Å². The molecule has 1 aromatic carbocycles. The number of nitrogens with zero attached hydrogens (tertiary/aromatic N) is 2. The summed E-state index contributed by atoms with van der Waals surface area (Å²) in [7, 11) is 0. The van der Waals surface area contributed by atoms with E-state index in [4.69, 9.17) is 10.7 Å². The van der Waals surface area contributed by atoms with Gasteiger partial charge in [-0.25, -0.2) is 4.98 Å². The largest absolute Gasteiger partial charge is 0.322 e. The van der Waals surface area contributed by atoms with E-state index in [2.05, 4.69) is 37.0 Å². The van der Waals surface area contributed by atoms with Crippen molar-refractivity contribution in [2.45, 2.75) is 26.3 Å². The summed E-state index contributed by atoms with van der Waals surface area (Å²) in [5.74, 6) is 0.583. The predicted octanol–water partition coefficient (Wildman–Crippen LogP) is 4.40. The van der Waals surface area contributed by atoms with Gasteiger partial charge in [-0.05, 0) is 47.7 Å². The third-order valence-electron chi connectivity index (χ3n) is 3.46. The van der Waals surface area contributed by atoms with Crippen molar-refractivity contribution in [3.8, 4) is 11.1 Å². The van der Waals surface area contributed by atoms with Crippen LogP contribution in [0.15, 0.2) is 42.7 Å². The van der Waals surface area contributed by atoms with Gasteiger partial charge >= 0.3 is 0 Å². The molecule has 3 nitrogen and oxygen atoms in total. The molecular formula is C17H19N3S. The molecule has 0 bridgehead atoms. The van der Waals surface area contributed by atoms with Gasteiger partial charge in [0.05, 0.1) is 16.3 Å². The average Bonchev–Trinajstić information content (AvgIpc) is 2.90. The minimum absolute atomic E-state index is 0.0341. The van der Waals surface area contributed by atoms with E-state index in [1.807, 2.05) is 24.5 Å². The molecule has 0 saturated carbocycles. The van der Waals surface area contributed by atoms with E-state index in [0.717, 1.165) is 22.5 Å². The van der Waals surface area contributed by atoms with Gasteiger partial charge in [-0.1, -0.05) is 19.9 Å². The lowest BCUT2D eigenvalue weighted by Crippen LogP contribution is -2.12. The second-order valence-electron chi connectivity index (χ2n) is 5.71. The summed E-state index contributed by atoms with van der Waals surface area (Å²) < 4.78 is 1.20. The van der Waals surface area contributed by atoms with E-state index in [9.17, 15) is 0 Å². The van der Waals surface area contributed by atoms with E-state index >= 15 is 0 Å². The zero-order valence-corrected chi connectivity index (χ0v) is 13.1. The molecule has 0 spiro atoms. The number of pyridine rings is 1. The molecule has 3 rings (SSSR count). The van der Waals surface area contributed by atoms with Gasteiger partial charge in [0.25, 0.3) is 0 Å². The molecule has 0 aliphatic heterocycles. The first-order chi connectivity index (χ1) is 10.1. The molecule has 108 valence electrons. The van der Waals surface area contributed by atoms with Crippen LogP contribution in [0.5, 0.6) is 0 Å². The van der Waals surface area contributed by atoms with Crippen LogP contribution in [0, 0.1) is 5.92 Å². The summed E-state index contributed by atoms with van der Waals surface area (Å²) in [6.45, 7) is 4.38. The van der Waals surface area contributed by atoms with Gasteiger partial charge in [-0.15, -0.1) is 11.3 Å². The maximum atomic E-state index is 6.25. The number of rotatable bonds is 4. The Labute approximate surface area is 128 Å². The van der Waals surface area contributed by atoms with Crippen LogP contribution in [0.1, 0.15) is 31.3 Å². The number of hydrogen-bond acceptors (Lipinski definition) is 4. The lowest BCUT2D eigenvalue weighted by Gasteiger charge is -2.10. The molecule has 1 unspecified atom stereocenters. The Bertz CT molecular complexity index is 734. The van der Waals surface area contributed by atoms with Gasteiger partial charge in [-0.2, -0.15) is 0 Å². The molecule has 3 aromatic rings. The van der Waals surface area contributed by atoms with Crippen LogP contribution < -0.4 is 5.73 Å². The van der Waals surface area contributed by atoms with Crippen LogP contribution in [0.25, 0.3) is 21.3 Å². The molecule has 2 aromatic heterocycles. The number of thiazole rings is 1. The predicted molar refractivity (Wildman–Crippen MR) is 89.2 cm³/mol. The normalized spacial score (nSPS) is 13.0. The van der Waals surface area contributed by atoms with Crippen LogP contribution >= 0.6 is 11.3 Å². The Morgan fingerprint density at radius 1 is 1.10 bits per heavy atom. The summed E-state index contributed by atoms with van der Waals surface area (Å²) in [5.41, 5.74) is 9.61. The molecule has 0 radical (unpaired) electrons. The highest BCUT2D eigenvalue weighted by Crippen LogP contribution is 2.31. The van der Waals surface area contributed by atoms with Gasteiger partial charge in [-0.3, -0.25) is 4.98 Å². The molecule has 1 atom stereocenters. The second kappa shape index (κ2) is 5.92. The number of aromatic nitrogens is 2. The van der Waals surface area contributed by atoms with Gasteiger partial charge in [0.2, 0.25) is 0 Å². The summed E-state index contributed by atoms with van der Waals surface area (Å²) >= 11 is 1.70. The molecule has 2 N–H and O–H groups in total. The summed E-state index contributed by atoms with van der Waals surface area (Å²) in [6.07, 6.45) is 4.59. The van der Waals surface area contributed by atoms with Crippen molar-refractivity contribution >= 4 is 21.6 Å². The van der Waals surface area contributed by atoms with E-state index in [1.54, 1.807) is 11.3 Å². The van der Waals surface area contributed by atoms with E-state index in [0.29, 0.717) is 5.92 Å². The van der Waals surface area contributed by atoms with Crippen molar-refractivity contribution < 1.29 is 0 Å². The lowest BCUT2D eigenvalue weighted by molar-refractivity contribution is 0.509. The minimum Gasteiger partial charge on any atom is -0.322 e. The maximum Gasteiger partial charge on any atom is 0.111 e. The Morgan fingerprint density at radius 2 is 1.86 bits per heavy atom. The third kappa shape index (κ3) is 3.12. The summed E-state index contributed by atoms with van der Waals surface area (Å²) in [5, 5.41) is 1.03. The van der Waals surface area contributed by atoms with Gasteiger partial charge in [0.1, 0.15) is 5.01 Å². The molecular weight excluding hydrogens is 278 g/mol. The van der Waals surface area contributed by atoms with Crippen molar-refractivity contribution in [2.24, 2.45) is 11.7 Å². The Hall–Kier alpha value is -1.78. The smallest absolute Gasteiger partial charge is 0.111 e. The fraction of sp³-hybridized carbons (Fsp3) is 0.294. The molecule has 0 saturated heterocycles. The monoisotopic (exact) mass is 297 g/mol. The number of hydrogen-bond donors (Lipinski definition) is 1. The van der Waals surface area contributed by atoms with Crippen LogP contribution in [-0.4, -0.2) is 9.97 Å². The number of benzene rings is 1. The molecule has 2 heterocycles. The quantitative estimate of drug-likeness (QED) is 0.776. The highest BCUT2D eigenvalue weighted by atomic mass is 32.1. The fourth-order valence-electron chi connectivity index (χ4n) is 2.44. The van der Waals surface area contributed by atoms with E-state index in [-0.39, 0.29) is 6.04 Å². The highest BCUT2D eigenvalue weighted by molar-refractivity contribution is 7.18. The SMILES string of the molecule is CC(C)CC(N)c1nc2cc(-c3ccncc3)ccc2s1. The number of fused-ring (bicyclic) bond motifs is 1. The first-order valence-corrected chi connectivity index (χ1v) is 8.01. The zero-order valence-electron chi connectivity index (χ0n) is 12.3. The lowest BCUT2D eigenvalue weighted by atomic mass is 10.1. The van der Waals surface area contributed by atoms with Gasteiger partial charge < -0.3 is 5.73 Å². The van der Waals surface area contributed by atoms with Crippen molar-refractivity contribution in [3.63, 3.8) is 0 Å². The third-order valence-corrected chi connectivity index (χ3v) is 4.63. The van der Waals surface area contributed by atoms with Crippen molar-refractivity contribution in [1.29, 1.82) is 0 Å². The topological polar surface area (TPSA) is 51.8 Å². The number of nitrogens with two attached hydrogens (primary N) is 1. The van der Waals surface area contributed by atoms with Crippen molar-refractivity contribution in [2.75, 3.05) is 0 Å². The molecule has 0 aliphatic rings. The van der Waals surface area contributed by atoms with Gasteiger partial charge in [0.15, 0.2) is 0 Å². The second-order valence-corrected chi connectivity index (χ2v) is 6.77. The standard InChI is InChI=1S/C17H19N3S/c1-11(2)9-14(18)17-20-15-10-13(3-4-16(15)21-17)12-5-7-19-8-6-12/h3-8,10-11,14H,9,18H2,1-2H3. The van der Waals surface area contributed by atoms with E-state index < -0.39 is 0 Å². The first kappa shape index (κ1) is 14.2. The fourth-order valence-corrected chi connectivity index (χ4v) is 3.40. The minimum atomic E-state index is 0.0341. The van der Waals surface area contributed by atoms with Crippen LogP contribution in [0.3, 0.4) is 0 Å². The molecule has 21 heavy (non-hydrogen) atoms.